The first-order chi connectivity index (χ1) is 6.04. The first-order valence-electron chi connectivity index (χ1n) is 4.64. The molecule has 13 heavy (non-hydrogen) atoms. The lowest BCUT2D eigenvalue weighted by Crippen LogP contribution is -2.21. The molecule has 0 aliphatic rings. The minimum atomic E-state index is 0.104. The van der Waals surface area contributed by atoms with E-state index in [0.29, 0.717) is 0 Å². The van der Waals surface area contributed by atoms with E-state index in [9.17, 15) is 0 Å². The van der Waals surface area contributed by atoms with Crippen molar-refractivity contribution in [3.63, 3.8) is 0 Å². The van der Waals surface area contributed by atoms with Gasteiger partial charge >= 0.3 is 0 Å². The summed E-state index contributed by atoms with van der Waals surface area (Å²) in [5.41, 5.74) is 1.43. The fourth-order valence-electron chi connectivity index (χ4n) is 1.13. The largest absolute Gasteiger partial charge is 0.267 e. The molecule has 0 atom stereocenters. The van der Waals surface area contributed by atoms with Gasteiger partial charge in [0.15, 0.2) is 0 Å². The zero-order valence-corrected chi connectivity index (χ0v) is 10.1. The molecule has 0 fully saturated rings. The van der Waals surface area contributed by atoms with Crippen LogP contribution in [0.3, 0.4) is 0 Å². The van der Waals surface area contributed by atoms with Gasteiger partial charge in [0, 0.05) is 11.5 Å². The van der Waals surface area contributed by atoms with Gasteiger partial charge in [0.05, 0.1) is 11.7 Å². The first-order valence-corrected chi connectivity index (χ1v) is 5.76. The third-order valence-corrected chi connectivity index (χ3v) is 2.48. The Morgan fingerprint density at radius 2 is 2.15 bits per heavy atom. The Morgan fingerprint density at radius 1 is 1.46 bits per heavy atom. The van der Waals surface area contributed by atoms with Gasteiger partial charge in [0.2, 0.25) is 0 Å². The van der Waals surface area contributed by atoms with E-state index in [2.05, 4.69) is 48.0 Å². The third kappa shape index (κ3) is 3.14. The van der Waals surface area contributed by atoms with Crippen LogP contribution < -0.4 is 0 Å². The zero-order chi connectivity index (χ0) is 9.90. The Morgan fingerprint density at radius 3 is 2.62 bits per heavy atom. The van der Waals surface area contributed by atoms with Crippen molar-refractivity contribution in [3.8, 4) is 0 Å². The third-order valence-electron chi connectivity index (χ3n) is 1.92. The highest BCUT2D eigenvalue weighted by atomic mass is 79.9. The molecule has 3 heteroatoms. The molecule has 2 nitrogen and oxygen atoms in total. The molecule has 0 unspecified atom stereocenters. The number of halogens is 1. The Hall–Kier alpha value is -0.310. The highest BCUT2D eigenvalue weighted by Crippen LogP contribution is 2.14. The van der Waals surface area contributed by atoms with E-state index in [0.717, 1.165) is 11.8 Å². The summed E-state index contributed by atoms with van der Waals surface area (Å²) in [6.07, 6.45) is 6.40. The van der Waals surface area contributed by atoms with Crippen molar-refractivity contribution in [2.24, 2.45) is 0 Å². The van der Waals surface area contributed by atoms with Crippen molar-refractivity contribution in [3.05, 3.63) is 18.0 Å². The molecule has 0 saturated carbocycles. The fraction of sp³-hybridized carbons (Fsp3) is 0.700. The predicted octanol–water partition coefficient (Wildman–Crippen LogP) is 2.97. The number of hydrogen-bond acceptors (Lipinski definition) is 1. The number of aryl methyl sites for hydroxylation is 1. The van der Waals surface area contributed by atoms with Crippen LogP contribution in [-0.4, -0.2) is 15.1 Å². The summed E-state index contributed by atoms with van der Waals surface area (Å²) in [7, 11) is 0. The molecule has 1 aromatic heterocycles. The lowest BCUT2D eigenvalue weighted by molar-refractivity contribution is 0.355. The van der Waals surface area contributed by atoms with Crippen molar-refractivity contribution < 1.29 is 0 Å². The van der Waals surface area contributed by atoms with Crippen molar-refractivity contribution >= 4 is 15.9 Å². The Balaban J connectivity index is 2.64. The van der Waals surface area contributed by atoms with Gasteiger partial charge in [-0.3, -0.25) is 4.68 Å². The zero-order valence-electron chi connectivity index (χ0n) is 8.55. The van der Waals surface area contributed by atoms with Crippen LogP contribution in [0.4, 0.5) is 0 Å². The predicted molar refractivity (Wildman–Crippen MR) is 59.3 cm³/mol. The van der Waals surface area contributed by atoms with Crippen LogP contribution in [0.5, 0.6) is 0 Å². The van der Waals surface area contributed by atoms with Crippen molar-refractivity contribution in [1.82, 2.24) is 9.78 Å². The van der Waals surface area contributed by atoms with Gasteiger partial charge in [0.25, 0.3) is 0 Å². The molecule has 0 aliphatic heterocycles. The average Bonchev–Trinajstić information content (AvgIpc) is 2.47. The quantitative estimate of drug-likeness (QED) is 0.748. The molecule has 74 valence electrons. The van der Waals surface area contributed by atoms with E-state index >= 15 is 0 Å². The number of alkyl halides is 1. The van der Waals surface area contributed by atoms with Gasteiger partial charge in [-0.1, -0.05) is 15.9 Å². The Bertz CT molecular complexity index is 260. The number of aromatic nitrogens is 2. The normalized spacial score (nSPS) is 12.0. The van der Waals surface area contributed by atoms with Crippen LogP contribution in [0.2, 0.25) is 0 Å². The number of nitrogens with zero attached hydrogens (tertiary/aromatic N) is 2. The lowest BCUT2D eigenvalue weighted by Gasteiger charge is -2.18. The standard InChI is InChI=1S/C10H17BrN2/c1-10(2,3)13-8-9(7-12-13)5-4-6-11/h7-8H,4-6H2,1-3H3. The summed E-state index contributed by atoms with van der Waals surface area (Å²) in [4.78, 5) is 0. The smallest absolute Gasteiger partial charge is 0.0543 e. The molecule has 0 saturated heterocycles. The first kappa shape index (κ1) is 10.8. The molecule has 0 aliphatic carbocycles. The molecule has 0 aromatic carbocycles. The molecule has 0 N–H and O–H groups in total. The maximum atomic E-state index is 4.34. The van der Waals surface area contributed by atoms with E-state index < -0.39 is 0 Å². The summed E-state index contributed by atoms with van der Waals surface area (Å²) in [5.74, 6) is 0. The Labute approximate surface area is 88.5 Å². The summed E-state index contributed by atoms with van der Waals surface area (Å²) < 4.78 is 2.02. The number of hydrogen-bond donors (Lipinski definition) is 0. The molecule has 0 radical (unpaired) electrons. The summed E-state index contributed by atoms with van der Waals surface area (Å²) in [6.45, 7) is 6.48. The molecule has 0 spiro atoms. The van der Waals surface area contributed by atoms with E-state index in [4.69, 9.17) is 0 Å². The summed E-state index contributed by atoms with van der Waals surface area (Å²) >= 11 is 3.43. The monoisotopic (exact) mass is 244 g/mol. The topological polar surface area (TPSA) is 17.8 Å². The van der Waals surface area contributed by atoms with Crippen LogP contribution in [0, 0.1) is 0 Å². The van der Waals surface area contributed by atoms with Gasteiger partial charge in [0.1, 0.15) is 0 Å². The second-order valence-electron chi connectivity index (χ2n) is 4.26. The second-order valence-corrected chi connectivity index (χ2v) is 5.05. The maximum absolute atomic E-state index is 4.34. The molecular formula is C10H17BrN2. The summed E-state index contributed by atoms with van der Waals surface area (Å²) in [5, 5.41) is 5.40. The van der Waals surface area contributed by atoms with Gasteiger partial charge < -0.3 is 0 Å². The average molecular weight is 245 g/mol. The molecule has 1 heterocycles. The van der Waals surface area contributed by atoms with Gasteiger partial charge in [-0.25, -0.2) is 0 Å². The summed E-state index contributed by atoms with van der Waals surface area (Å²) in [6, 6.07) is 0. The molecule has 1 rings (SSSR count). The molecule has 1 aromatic rings. The highest BCUT2D eigenvalue weighted by Gasteiger charge is 2.13. The van der Waals surface area contributed by atoms with E-state index in [1.54, 1.807) is 0 Å². The van der Waals surface area contributed by atoms with Crippen LogP contribution in [-0.2, 0) is 12.0 Å². The molecular weight excluding hydrogens is 228 g/mol. The van der Waals surface area contributed by atoms with Crippen LogP contribution in [0.25, 0.3) is 0 Å². The minimum Gasteiger partial charge on any atom is -0.267 e. The van der Waals surface area contributed by atoms with E-state index in [1.807, 2.05) is 10.9 Å². The van der Waals surface area contributed by atoms with Gasteiger partial charge in [-0.15, -0.1) is 0 Å². The van der Waals surface area contributed by atoms with Gasteiger partial charge in [-0.2, -0.15) is 5.10 Å². The maximum Gasteiger partial charge on any atom is 0.0543 e. The molecule has 0 amide bonds. The van der Waals surface area contributed by atoms with Crippen LogP contribution in [0.15, 0.2) is 12.4 Å². The molecule has 0 bridgehead atoms. The SMILES string of the molecule is CC(C)(C)n1cc(CCCBr)cn1. The van der Waals surface area contributed by atoms with Gasteiger partial charge in [-0.05, 0) is 39.2 Å². The number of rotatable bonds is 3. The van der Waals surface area contributed by atoms with Crippen LogP contribution in [0.1, 0.15) is 32.8 Å². The minimum absolute atomic E-state index is 0.104. The fourth-order valence-corrected chi connectivity index (χ4v) is 1.41. The van der Waals surface area contributed by atoms with E-state index in [-0.39, 0.29) is 5.54 Å². The lowest BCUT2D eigenvalue weighted by atomic mass is 10.1. The highest BCUT2D eigenvalue weighted by molar-refractivity contribution is 9.09. The second kappa shape index (κ2) is 4.27. The van der Waals surface area contributed by atoms with Crippen molar-refractivity contribution in [1.29, 1.82) is 0 Å². The van der Waals surface area contributed by atoms with Crippen molar-refractivity contribution in [2.45, 2.75) is 39.2 Å². The Kier molecular flexibility index (Phi) is 3.54. The van der Waals surface area contributed by atoms with Crippen molar-refractivity contribution in [2.75, 3.05) is 5.33 Å². The van der Waals surface area contributed by atoms with E-state index in [1.165, 1.54) is 12.0 Å². The van der Waals surface area contributed by atoms with Crippen LogP contribution >= 0.6 is 15.9 Å².